The Bertz CT molecular complexity index is 466. The van der Waals surface area contributed by atoms with Gasteiger partial charge in [0.25, 0.3) is 0 Å². The Hall–Kier alpha value is -2.02. The zero-order valence-corrected chi connectivity index (χ0v) is 10.6. The number of nitro benzene ring substituents is 1. The third kappa shape index (κ3) is 4.63. The van der Waals surface area contributed by atoms with Crippen LogP contribution in [0.4, 0.5) is 10.1 Å². The van der Waals surface area contributed by atoms with Crippen LogP contribution in [0.15, 0.2) is 18.2 Å². The highest BCUT2D eigenvalue weighted by Crippen LogP contribution is 2.19. The lowest BCUT2D eigenvalue weighted by molar-refractivity contribution is -0.387. The lowest BCUT2D eigenvalue weighted by Gasteiger charge is -2.06. The first-order valence-electron chi connectivity index (χ1n) is 5.95. The van der Waals surface area contributed by atoms with E-state index in [2.05, 4.69) is 10.6 Å². The average molecular weight is 269 g/mol. The van der Waals surface area contributed by atoms with Gasteiger partial charge < -0.3 is 10.6 Å². The SMILES string of the molecule is CCCNC(=O)CNCc1cccc([N+](=O)[O-])c1F. The Balaban J connectivity index is 2.52. The molecule has 1 aromatic carbocycles. The number of nitro groups is 1. The second-order valence-corrected chi connectivity index (χ2v) is 3.96. The Morgan fingerprint density at radius 3 is 2.84 bits per heavy atom. The summed E-state index contributed by atoms with van der Waals surface area (Å²) in [4.78, 5) is 21.1. The Morgan fingerprint density at radius 2 is 2.21 bits per heavy atom. The topological polar surface area (TPSA) is 84.3 Å². The number of hydrogen-bond acceptors (Lipinski definition) is 4. The molecule has 0 radical (unpaired) electrons. The Labute approximate surface area is 110 Å². The van der Waals surface area contributed by atoms with Gasteiger partial charge in [-0.3, -0.25) is 14.9 Å². The standard InChI is InChI=1S/C12H16FN3O3/c1-2-6-15-11(17)8-14-7-9-4-3-5-10(12(9)13)16(18)19/h3-5,14H,2,6-8H2,1H3,(H,15,17). The van der Waals surface area contributed by atoms with Crippen molar-refractivity contribution in [1.82, 2.24) is 10.6 Å². The van der Waals surface area contributed by atoms with Gasteiger partial charge >= 0.3 is 5.69 Å². The number of carbonyl (C=O) groups excluding carboxylic acids is 1. The van der Waals surface area contributed by atoms with E-state index in [1.165, 1.54) is 12.1 Å². The number of hydrogen-bond donors (Lipinski definition) is 2. The van der Waals surface area contributed by atoms with Crippen LogP contribution in [0.1, 0.15) is 18.9 Å². The van der Waals surface area contributed by atoms with Crippen LogP contribution < -0.4 is 10.6 Å². The summed E-state index contributed by atoms with van der Waals surface area (Å²) in [6.07, 6.45) is 0.839. The van der Waals surface area contributed by atoms with Gasteiger partial charge in [0.15, 0.2) is 0 Å². The van der Waals surface area contributed by atoms with Crippen molar-refractivity contribution in [1.29, 1.82) is 0 Å². The van der Waals surface area contributed by atoms with Crippen LogP contribution in [0.5, 0.6) is 0 Å². The van der Waals surface area contributed by atoms with Crippen LogP contribution in [-0.2, 0) is 11.3 Å². The molecule has 0 aromatic heterocycles. The second-order valence-electron chi connectivity index (χ2n) is 3.96. The summed E-state index contributed by atoms with van der Waals surface area (Å²) >= 11 is 0. The predicted molar refractivity (Wildman–Crippen MR) is 68.1 cm³/mol. The zero-order valence-electron chi connectivity index (χ0n) is 10.6. The molecular formula is C12H16FN3O3. The van der Waals surface area contributed by atoms with Gasteiger partial charge in [-0.25, -0.2) is 0 Å². The lowest BCUT2D eigenvalue weighted by Crippen LogP contribution is -2.34. The maximum Gasteiger partial charge on any atom is 0.305 e. The van der Waals surface area contributed by atoms with Crippen molar-refractivity contribution in [2.75, 3.05) is 13.1 Å². The average Bonchev–Trinajstić information content (AvgIpc) is 2.38. The molecule has 7 heteroatoms. The molecule has 0 atom stereocenters. The van der Waals surface area contributed by atoms with Crippen molar-refractivity contribution in [3.05, 3.63) is 39.7 Å². The number of amides is 1. The number of nitrogens with one attached hydrogen (secondary N) is 2. The zero-order chi connectivity index (χ0) is 14.3. The molecule has 1 amide bonds. The van der Waals surface area contributed by atoms with Gasteiger partial charge in [0.2, 0.25) is 11.7 Å². The molecule has 0 bridgehead atoms. The molecule has 2 N–H and O–H groups in total. The maximum atomic E-state index is 13.7. The smallest absolute Gasteiger partial charge is 0.305 e. The minimum absolute atomic E-state index is 0.0438. The fourth-order valence-corrected chi connectivity index (χ4v) is 1.48. The molecule has 6 nitrogen and oxygen atoms in total. The van der Waals surface area contributed by atoms with Gasteiger partial charge in [-0.1, -0.05) is 19.1 Å². The van der Waals surface area contributed by atoms with Gasteiger partial charge in [-0.15, -0.1) is 0 Å². The summed E-state index contributed by atoms with van der Waals surface area (Å²) in [7, 11) is 0. The summed E-state index contributed by atoms with van der Waals surface area (Å²) in [6, 6.07) is 3.96. The molecule has 1 rings (SSSR count). The van der Waals surface area contributed by atoms with Crippen molar-refractivity contribution in [2.24, 2.45) is 0 Å². The van der Waals surface area contributed by atoms with Crippen LogP contribution >= 0.6 is 0 Å². The van der Waals surface area contributed by atoms with Crippen LogP contribution in [0.3, 0.4) is 0 Å². The van der Waals surface area contributed by atoms with Gasteiger partial charge in [0, 0.05) is 24.7 Å². The van der Waals surface area contributed by atoms with E-state index in [4.69, 9.17) is 0 Å². The van der Waals surface area contributed by atoms with Crippen molar-refractivity contribution in [2.45, 2.75) is 19.9 Å². The molecule has 0 aliphatic heterocycles. The third-order valence-corrected chi connectivity index (χ3v) is 2.43. The molecule has 0 saturated carbocycles. The molecule has 0 fully saturated rings. The van der Waals surface area contributed by atoms with E-state index in [1.54, 1.807) is 0 Å². The minimum Gasteiger partial charge on any atom is -0.355 e. The first-order valence-corrected chi connectivity index (χ1v) is 5.95. The number of rotatable bonds is 7. The van der Waals surface area contributed by atoms with E-state index in [0.717, 1.165) is 12.5 Å². The Morgan fingerprint density at radius 1 is 1.47 bits per heavy atom. The third-order valence-electron chi connectivity index (χ3n) is 2.43. The largest absolute Gasteiger partial charge is 0.355 e. The van der Waals surface area contributed by atoms with Gasteiger partial charge in [-0.05, 0) is 6.42 Å². The highest BCUT2D eigenvalue weighted by molar-refractivity contribution is 5.77. The Kier molecular flexibility index (Phi) is 5.87. The van der Waals surface area contributed by atoms with E-state index >= 15 is 0 Å². The van der Waals surface area contributed by atoms with Crippen molar-refractivity contribution in [3.8, 4) is 0 Å². The van der Waals surface area contributed by atoms with Crippen molar-refractivity contribution in [3.63, 3.8) is 0 Å². The van der Waals surface area contributed by atoms with E-state index in [0.29, 0.717) is 6.54 Å². The predicted octanol–water partition coefficient (Wildman–Crippen LogP) is 1.35. The van der Waals surface area contributed by atoms with Crippen molar-refractivity contribution < 1.29 is 14.1 Å². The first-order chi connectivity index (χ1) is 9.06. The monoisotopic (exact) mass is 269 g/mol. The van der Waals surface area contributed by atoms with E-state index in [9.17, 15) is 19.3 Å². The molecule has 0 saturated heterocycles. The van der Waals surface area contributed by atoms with E-state index in [1.807, 2.05) is 6.92 Å². The summed E-state index contributed by atoms with van der Waals surface area (Å²) in [6.45, 7) is 2.63. The number of nitrogens with zero attached hydrogens (tertiary/aromatic N) is 1. The quantitative estimate of drug-likeness (QED) is 0.578. The first kappa shape index (κ1) is 15.0. The highest BCUT2D eigenvalue weighted by atomic mass is 19.1. The summed E-state index contributed by atoms with van der Waals surface area (Å²) in [5, 5.41) is 16.0. The van der Waals surface area contributed by atoms with Crippen LogP contribution in [0.25, 0.3) is 0 Å². The molecule has 1 aromatic rings. The number of halogens is 1. The fraction of sp³-hybridized carbons (Fsp3) is 0.417. The molecule has 0 unspecified atom stereocenters. The summed E-state index contributed by atoms with van der Waals surface area (Å²) in [5.41, 5.74) is -0.396. The van der Waals surface area contributed by atoms with E-state index < -0.39 is 16.4 Å². The van der Waals surface area contributed by atoms with Gasteiger partial charge in [0.05, 0.1) is 11.5 Å². The normalized spacial score (nSPS) is 10.2. The molecular weight excluding hydrogens is 253 g/mol. The van der Waals surface area contributed by atoms with Gasteiger partial charge in [-0.2, -0.15) is 4.39 Å². The van der Waals surface area contributed by atoms with E-state index in [-0.39, 0.29) is 24.6 Å². The minimum atomic E-state index is -0.867. The summed E-state index contributed by atoms with van der Waals surface area (Å²) in [5.74, 6) is -1.05. The number of carbonyl (C=O) groups is 1. The lowest BCUT2D eigenvalue weighted by atomic mass is 10.2. The van der Waals surface area contributed by atoms with Crippen LogP contribution in [0, 0.1) is 15.9 Å². The molecule has 0 heterocycles. The van der Waals surface area contributed by atoms with Crippen LogP contribution in [-0.4, -0.2) is 23.9 Å². The summed E-state index contributed by atoms with van der Waals surface area (Å²) < 4.78 is 13.7. The highest BCUT2D eigenvalue weighted by Gasteiger charge is 2.16. The molecule has 0 aliphatic carbocycles. The maximum absolute atomic E-state index is 13.7. The van der Waals surface area contributed by atoms with Crippen LogP contribution in [0.2, 0.25) is 0 Å². The van der Waals surface area contributed by atoms with Gasteiger partial charge in [0.1, 0.15) is 0 Å². The molecule has 104 valence electrons. The molecule has 19 heavy (non-hydrogen) atoms. The second kappa shape index (κ2) is 7.42. The molecule has 0 spiro atoms. The van der Waals surface area contributed by atoms with Crippen molar-refractivity contribution >= 4 is 11.6 Å². The fourth-order valence-electron chi connectivity index (χ4n) is 1.48. The number of benzene rings is 1. The molecule has 0 aliphatic rings.